The molecule has 1 saturated heterocycles. The van der Waals surface area contributed by atoms with Gasteiger partial charge in [-0.2, -0.15) is 0 Å². The van der Waals surface area contributed by atoms with E-state index in [-0.39, 0.29) is 0 Å². The summed E-state index contributed by atoms with van der Waals surface area (Å²) in [7, 11) is 1.66. The molecule has 0 amide bonds. The fourth-order valence-electron chi connectivity index (χ4n) is 0.996. The molecular formula is C11H16O3. The monoisotopic (exact) mass is 196 g/mol. The lowest BCUT2D eigenvalue weighted by Gasteiger charge is -2.07. The molecule has 0 aromatic heterocycles. The molecule has 1 aliphatic heterocycles. The number of ether oxygens (including phenoxy) is 1. The molecule has 1 aromatic carbocycles. The van der Waals surface area contributed by atoms with Crippen LogP contribution in [0.5, 0.6) is 5.75 Å². The molecule has 2 rings (SSSR count). The van der Waals surface area contributed by atoms with E-state index >= 15 is 0 Å². The van der Waals surface area contributed by atoms with Gasteiger partial charge in [-0.25, -0.2) is 9.78 Å². The first-order chi connectivity index (χ1) is 6.93. The van der Waals surface area contributed by atoms with Gasteiger partial charge in [0, 0.05) is 0 Å². The minimum atomic E-state index is 0.778. The van der Waals surface area contributed by atoms with E-state index in [0.29, 0.717) is 0 Å². The second-order valence-electron chi connectivity index (χ2n) is 2.87. The Kier molecular flexibility index (Phi) is 5.79. The summed E-state index contributed by atoms with van der Waals surface area (Å²) in [5.41, 5.74) is 0. The van der Waals surface area contributed by atoms with Crippen LogP contribution in [0.2, 0.25) is 0 Å². The topological polar surface area (TPSA) is 27.7 Å². The number of hydrogen-bond donors (Lipinski definition) is 0. The zero-order chi connectivity index (χ0) is 10.1. The van der Waals surface area contributed by atoms with Crippen molar-refractivity contribution < 1.29 is 14.5 Å². The largest absolute Gasteiger partial charge is 0.497 e. The third kappa shape index (κ3) is 4.84. The van der Waals surface area contributed by atoms with Crippen molar-refractivity contribution in [2.75, 3.05) is 20.3 Å². The standard InChI is InChI=1S/C7H8O.C4H8O2/c1-8-7-5-3-2-4-6-7;1-2-4-6-5-3-1/h2-6H,1H3;1-4H2. The molecule has 0 aliphatic carbocycles. The first-order valence-corrected chi connectivity index (χ1v) is 4.77. The van der Waals surface area contributed by atoms with Gasteiger partial charge in [-0.15, -0.1) is 0 Å². The van der Waals surface area contributed by atoms with Gasteiger partial charge in [0.15, 0.2) is 0 Å². The first kappa shape index (κ1) is 11.0. The third-order valence-corrected chi connectivity index (χ3v) is 1.77. The van der Waals surface area contributed by atoms with Crippen LogP contribution in [-0.4, -0.2) is 20.3 Å². The van der Waals surface area contributed by atoms with Gasteiger partial charge < -0.3 is 4.74 Å². The summed E-state index contributed by atoms with van der Waals surface area (Å²) >= 11 is 0. The fraction of sp³-hybridized carbons (Fsp3) is 0.455. The number of methoxy groups -OCH3 is 1. The van der Waals surface area contributed by atoms with Crippen LogP contribution in [0.3, 0.4) is 0 Å². The first-order valence-electron chi connectivity index (χ1n) is 4.77. The van der Waals surface area contributed by atoms with Gasteiger partial charge >= 0.3 is 0 Å². The van der Waals surface area contributed by atoms with Crippen LogP contribution in [-0.2, 0) is 9.78 Å². The maximum absolute atomic E-state index is 4.91. The van der Waals surface area contributed by atoms with Crippen molar-refractivity contribution in [1.29, 1.82) is 0 Å². The Morgan fingerprint density at radius 2 is 1.57 bits per heavy atom. The van der Waals surface area contributed by atoms with Crippen molar-refractivity contribution >= 4 is 0 Å². The van der Waals surface area contributed by atoms with E-state index in [1.54, 1.807) is 7.11 Å². The Morgan fingerprint density at radius 3 is 1.86 bits per heavy atom. The lowest BCUT2D eigenvalue weighted by Crippen LogP contribution is -2.05. The van der Waals surface area contributed by atoms with E-state index < -0.39 is 0 Å². The molecule has 1 heterocycles. The highest BCUT2D eigenvalue weighted by Crippen LogP contribution is 2.05. The van der Waals surface area contributed by atoms with Gasteiger partial charge in [-0.05, 0) is 25.0 Å². The quantitative estimate of drug-likeness (QED) is 0.645. The molecule has 0 saturated carbocycles. The van der Waals surface area contributed by atoms with Gasteiger partial charge in [0.25, 0.3) is 0 Å². The summed E-state index contributed by atoms with van der Waals surface area (Å²) in [6, 6.07) is 9.68. The van der Waals surface area contributed by atoms with Crippen molar-refractivity contribution in [1.82, 2.24) is 0 Å². The number of benzene rings is 1. The molecular weight excluding hydrogens is 180 g/mol. The molecule has 3 nitrogen and oxygen atoms in total. The zero-order valence-electron chi connectivity index (χ0n) is 8.44. The minimum Gasteiger partial charge on any atom is -0.497 e. The molecule has 0 N–H and O–H groups in total. The maximum Gasteiger partial charge on any atom is 0.118 e. The fourth-order valence-corrected chi connectivity index (χ4v) is 0.996. The van der Waals surface area contributed by atoms with Gasteiger partial charge in [-0.3, -0.25) is 0 Å². The van der Waals surface area contributed by atoms with Crippen LogP contribution >= 0.6 is 0 Å². The molecule has 0 radical (unpaired) electrons. The Balaban J connectivity index is 0.000000146. The molecule has 78 valence electrons. The van der Waals surface area contributed by atoms with Crippen LogP contribution < -0.4 is 4.74 Å². The van der Waals surface area contributed by atoms with E-state index in [4.69, 9.17) is 4.74 Å². The van der Waals surface area contributed by atoms with Gasteiger partial charge in [0.2, 0.25) is 0 Å². The lowest BCUT2D eigenvalue weighted by molar-refractivity contribution is -0.312. The molecule has 0 bridgehead atoms. The molecule has 14 heavy (non-hydrogen) atoms. The lowest BCUT2D eigenvalue weighted by atomic mass is 10.3. The molecule has 1 aliphatic rings. The second-order valence-corrected chi connectivity index (χ2v) is 2.87. The van der Waals surface area contributed by atoms with Crippen molar-refractivity contribution in [2.45, 2.75) is 12.8 Å². The van der Waals surface area contributed by atoms with E-state index in [1.165, 1.54) is 0 Å². The van der Waals surface area contributed by atoms with Crippen molar-refractivity contribution in [3.8, 4) is 5.75 Å². The van der Waals surface area contributed by atoms with E-state index in [0.717, 1.165) is 31.8 Å². The summed E-state index contributed by atoms with van der Waals surface area (Å²) in [6.45, 7) is 1.56. The highest BCUT2D eigenvalue weighted by molar-refractivity contribution is 5.20. The normalized spacial score (nSPS) is 15.2. The van der Waals surface area contributed by atoms with Gasteiger partial charge in [0.1, 0.15) is 5.75 Å². The summed E-state index contributed by atoms with van der Waals surface area (Å²) in [4.78, 5) is 9.14. The molecule has 1 aromatic rings. The van der Waals surface area contributed by atoms with Crippen LogP contribution in [0.25, 0.3) is 0 Å². The zero-order valence-corrected chi connectivity index (χ0v) is 8.44. The van der Waals surface area contributed by atoms with E-state index in [9.17, 15) is 0 Å². The summed E-state index contributed by atoms with van der Waals surface area (Å²) in [5, 5.41) is 0. The van der Waals surface area contributed by atoms with Crippen molar-refractivity contribution in [3.05, 3.63) is 30.3 Å². The molecule has 0 spiro atoms. The minimum absolute atomic E-state index is 0.778. The summed E-state index contributed by atoms with van der Waals surface area (Å²) in [6.07, 6.45) is 2.31. The van der Waals surface area contributed by atoms with Gasteiger partial charge in [0.05, 0.1) is 20.3 Å². The van der Waals surface area contributed by atoms with Crippen LogP contribution in [0, 0.1) is 0 Å². The van der Waals surface area contributed by atoms with Crippen LogP contribution in [0.15, 0.2) is 30.3 Å². The SMILES string of the molecule is C1CCOOC1.COc1ccccc1. The van der Waals surface area contributed by atoms with Crippen LogP contribution in [0.1, 0.15) is 12.8 Å². The Bertz CT molecular complexity index is 208. The van der Waals surface area contributed by atoms with Gasteiger partial charge in [-0.1, -0.05) is 18.2 Å². The number of rotatable bonds is 1. The number of hydrogen-bond acceptors (Lipinski definition) is 3. The highest BCUT2D eigenvalue weighted by atomic mass is 17.2. The van der Waals surface area contributed by atoms with Crippen molar-refractivity contribution in [2.24, 2.45) is 0 Å². The molecule has 0 atom stereocenters. The average Bonchev–Trinajstić information content (AvgIpc) is 2.33. The predicted octanol–water partition coefficient (Wildman–Crippen LogP) is 2.42. The Morgan fingerprint density at radius 1 is 1.00 bits per heavy atom. The molecule has 1 fully saturated rings. The predicted molar refractivity (Wildman–Crippen MR) is 54.1 cm³/mol. The Hall–Kier alpha value is -1.06. The average molecular weight is 196 g/mol. The number of para-hydroxylation sites is 1. The highest BCUT2D eigenvalue weighted by Gasteiger charge is 1.95. The molecule has 0 unspecified atom stereocenters. The third-order valence-electron chi connectivity index (χ3n) is 1.77. The van der Waals surface area contributed by atoms with Crippen molar-refractivity contribution in [3.63, 3.8) is 0 Å². The van der Waals surface area contributed by atoms with Crippen LogP contribution in [0.4, 0.5) is 0 Å². The summed E-state index contributed by atoms with van der Waals surface area (Å²) < 4.78 is 4.91. The van der Waals surface area contributed by atoms with E-state index in [2.05, 4.69) is 9.78 Å². The second kappa shape index (κ2) is 7.35. The molecule has 3 heteroatoms. The maximum atomic E-state index is 4.91. The van der Waals surface area contributed by atoms with E-state index in [1.807, 2.05) is 30.3 Å². The summed E-state index contributed by atoms with van der Waals surface area (Å²) in [5.74, 6) is 0.910. The Labute approximate surface area is 84.5 Å². The smallest absolute Gasteiger partial charge is 0.118 e.